The van der Waals surface area contributed by atoms with Crippen molar-refractivity contribution >= 4 is 5.91 Å². The molecule has 12 heavy (non-hydrogen) atoms. The van der Waals surface area contributed by atoms with Crippen molar-refractivity contribution in [2.75, 3.05) is 0 Å². The minimum Gasteiger partial charge on any atom is -0.343 e. The molecule has 0 aromatic heterocycles. The number of aliphatic hydroxyl groups excluding tert-OH is 1. The molecule has 1 aromatic carbocycles. The molecule has 0 aliphatic heterocycles. The average molecular weight is 166 g/mol. The molecule has 3 N–H and O–H groups in total. The summed E-state index contributed by atoms with van der Waals surface area (Å²) in [5.41, 5.74) is 0.373. The fourth-order valence-corrected chi connectivity index (χ4v) is 0.763. The summed E-state index contributed by atoms with van der Waals surface area (Å²) in [6.07, 6.45) is -1.09. The van der Waals surface area contributed by atoms with Crippen LogP contribution in [0, 0.1) is 6.41 Å². The van der Waals surface area contributed by atoms with Crippen LogP contribution in [0.15, 0.2) is 30.3 Å². The normalized spacial score (nSPS) is 9.92. The van der Waals surface area contributed by atoms with Crippen molar-refractivity contribution in [3.8, 4) is 0 Å². The molecule has 63 valence electrons. The lowest BCUT2D eigenvalue weighted by molar-refractivity contribution is 0.0459. The van der Waals surface area contributed by atoms with E-state index in [0.717, 1.165) is 0 Å². The van der Waals surface area contributed by atoms with Crippen molar-refractivity contribution < 1.29 is 15.0 Å². The van der Waals surface area contributed by atoms with E-state index >= 15 is 0 Å². The maximum absolute atomic E-state index is 11.0. The Labute approximate surface area is 69.5 Å². The van der Waals surface area contributed by atoms with Crippen molar-refractivity contribution in [1.82, 2.24) is 5.32 Å². The van der Waals surface area contributed by atoms with Crippen molar-refractivity contribution in [3.63, 3.8) is 0 Å². The first-order valence-electron chi connectivity index (χ1n) is 3.31. The van der Waals surface area contributed by atoms with Crippen molar-refractivity contribution in [3.05, 3.63) is 42.3 Å². The number of carbonyl (C=O) groups is 1. The van der Waals surface area contributed by atoms with Gasteiger partial charge in [0, 0.05) is 5.56 Å². The summed E-state index contributed by atoms with van der Waals surface area (Å²) in [6.45, 7) is 0. The molecule has 0 bridgehead atoms. The quantitative estimate of drug-likeness (QED) is 0.602. The monoisotopic (exact) mass is 166 g/mol. The summed E-state index contributed by atoms with van der Waals surface area (Å²) in [7, 11) is 0. The number of benzene rings is 1. The second kappa shape index (κ2) is 3.85. The average Bonchev–Trinajstić information content (AvgIpc) is 2.05. The zero-order valence-corrected chi connectivity index (χ0v) is 6.19. The molecule has 0 saturated heterocycles. The van der Waals surface area contributed by atoms with E-state index in [-0.39, 0.29) is 0 Å². The van der Waals surface area contributed by atoms with Gasteiger partial charge >= 0.3 is 6.41 Å². The van der Waals surface area contributed by atoms with Gasteiger partial charge in [-0.3, -0.25) is 10.1 Å². The molecule has 1 aromatic rings. The summed E-state index contributed by atoms with van der Waals surface area (Å²) in [5.74, 6) is -0.546. The van der Waals surface area contributed by atoms with Crippen LogP contribution >= 0.6 is 0 Å². The maximum atomic E-state index is 11.0. The summed E-state index contributed by atoms with van der Waals surface area (Å²) in [4.78, 5) is 11.0. The maximum Gasteiger partial charge on any atom is 0.325 e. The van der Waals surface area contributed by atoms with Crippen LogP contribution in [0.1, 0.15) is 10.4 Å². The standard InChI is InChI=1S/C8H8NO3/c10-7(9-8(11)12)6-4-2-1-3-5-6/h1-5,11-12H,(H,9,10). The second-order valence-electron chi connectivity index (χ2n) is 2.14. The number of aliphatic hydroxyl groups is 2. The summed E-state index contributed by atoms with van der Waals surface area (Å²) in [5, 5.41) is 18.5. The smallest absolute Gasteiger partial charge is 0.325 e. The molecule has 0 unspecified atom stereocenters. The van der Waals surface area contributed by atoms with Crippen LogP contribution < -0.4 is 5.32 Å². The Morgan fingerprint density at radius 3 is 2.25 bits per heavy atom. The summed E-state index contributed by atoms with van der Waals surface area (Å²) < 4.78 is 0. The molecule has 4 nitrogen and oxygen atoms in total. The van der Waals surface area contributed by atoms with Crippen molar-refractivity contribution in [1.29, 1.82) is 0 Å². The van der Waals surface area contributed by atoms with Gasteiger partial charge in [0.2, 0.25) is 0 Å². The Morgan fingerprint density at radius 2 is 1.75 bits per heavy atom. The van der Waals surface area contributed by atoms with Crippen LogP contribution in [0.2, 0.25) is 0 Å². The van der Waals surface area contributed by atoms with E-state index in [4.69, 9.17) is 10.2 Å². The lowest BCUT2D eigenvalue weighted by Crippen LogP contribution is -2.27. The third kappa shape index (κ3) is 2.34. The molecule has 1 rings (SSSR count). The largest absolute Gasteiger partial charge is 0.343 e. The number of amides is 1. The van der Waals surface area contributed by atoms with Gasteiger partial charge in [0.05, 0.1) is 0 Å². The van der Waals surface area contributed by atoms with E-state index in [1.807, 2.05) is 5.32 Å². The van der Waals surface area contributed by atoms with E-state index in [9.17, 15) is 4.79 Å². The van der Waals surface area contributed by atoms with E-state index < -0.39 is 12.3 Å². The van der Waals surface area contributed by atoms with Crippen LogP contribution in [0.4, 0.5) is 0 Å². The number of hydrogen-bond donors (Lipinski definition) is 3. The molecule has 0 fully saturated rings. The van der Waals surface area contributed by atoms with Crippen LogP contribution in [0.25, 0.3) is 0 Å². The lowest BCUT2D eigenvalue weighted by Gasteiger charge is -2.03. The first-order chi connectivity index (χ1) is 5.70. The molecule has 0 saturated carbocycles. The Kier molecular flexibility index (Phi) is 2.79. The highest BCUT2D eigenvalue weighted by Crippen LogP contribution is 1.98. The van der Waals surface area contributed by atoms with Crippen LogP contribution in [0.5, 0.6) is 0 Å². The zero-order valence-electron chi connectivity index (χ0n) is 6.19. The molecular formula is C8H8NO3. The van der Waals surface area contributed by atoms with Gasteiger partial charge in [0.15, 0.2) is 0 Å². The Bertz CT molecular complexity index is 258. The minimum atomic E-state index is -1.09. The van der Waals surface area contributed by atoms with Crippen molar-refractivity contribution in [2.24, 2.45) is 0 Å². The highest BCUT2D eigenvalue weighted by molar-refractivity contribution is 5.94. The van der Waals surface area contributed by atoms with Crippen LogP contribution in [-0.2, 0) is 0 Å². The van der Waals surface area contributed by atoms with Gasteiger partial charge < -0.3 is 10.2 Å². The van der Waals surface area contributed by atoms with Gasteiger partial charge in [-0.25, -0.2) is 0 Å². The van der Waals surface area contributed by atoms with Crippen LogP contribution in [0.3, 0.4) is 0 Å². The van der Waals surface area contributed by atoms with E-state index in [2.05, 4.69) is 0 Å². The zero-order chi connectivity index (χ0) is 8.97. The number of rotatable bonds is 2. The third-order valence-electron chi connectivity index (χ3n) is 1.26. The second-order valence-corrected chi connectivity index (χ2v) is 2.14. The lowest BCUT2D eigenvalue weighted by atomic mass is 10.2. The fourth-order valence-electron chi connectivity index (χ4n) is 0.763. The Morgan fingerprint density at radius 1 is 1.17 bits per heavy atom. The van der Waals surface area contributed by atoms with Gasteiger partial charge in [0.1, 0.15) is 0 Å². The molecular weight excluding hydrogens is 158 g/mol. The fraction of sp³-hybridized carbons (Fsp3) is 0. The van der Waals surface area contributed by atoms with E-state index in [1.54, 1.807) is 30.3 Å². The van der Waals surface area contributed by atoms with E-state index in [1.165, 1.54) is 0 Å². The summed E-state index contributed by atoms with van der Waals surface area (Å²) >= 11 is 0. The topological polar surface area (TPSA) is 69.6 Å². The molecule has 0 heterocycles. The molecule has 0 aliphatic rings. The molecule has 4 heteroatoms. The highest BCUT2D eigenvalue weighted by Gasteiger charge is 2.07. The van der Waals surface area contributed by atoms with Gasteiger partial charge in [-0.1, -0.05) is 18.2 Å². The molecule has 1 radical (unpaired) electrons. The predicted octanol–water partition coefficient (Wildman–Crippen LogP) is 0.608. The van der Waals surface area contributed by atoms with Crippen LogP contribution in [-0.4, -0.2) is 16.1 Å². The van der Waals surface area contributed by atoms with E-state index in [0.29, 0.717) is 5.56 Å². The Hall–Kier alpha value is -1.39. The SMILES string of the molecule is O=C(N[C](O)O)c1ccccc1. The predicted molar refractivity (Wildman–Crippen MR) is 41.0 cm³/mol. The van der Waals surface area contributed by atoms with Gasteiger partial charge in [-0.05, 0) is 12.1 Å². The molecule has 1 amide bonds. The van der Waals surface area contributed by atoms with Gasteiger partial charge in [-0.15, -0.1) is 0 Å². The third-order valence-corrected chi connectivity index (χ3v) is 1.26. The van der Waals surface area contributed by atoms with Gasteiger partial charge in [0.25, 0.3) is 5.91 Å². The van der Waals surface area contributed by atoms with Crippen molar-refractivity contribution in [2.45, 2.75) is 0 Å². The first-order valence-corrected chi connectivity index (χ1v) is 3.31. The first kappa shape index (κ1) is 8.70. The molecule has 0 spiro atoms. The highest BCUT2D eigenvalue weighted by atomic mass is 16.5. The Balaban J connectivity index is 2.66. The minimum absolute atomic E-state index is 0.373. The molecule has 0 aliphatic carbocycles. The number of carbonyl (C=O) groups excluding carboxylic acids is 1. The summed E-state index contributed by atoms with van der Waals surface area (Å²) in [6, 6.07) is 8.27. The molecule has 0 atom stereocenters. The number of hydrogen-bond acceptors (Lipinski definition) is 3. The number of nitrogens with one attached hydrogen (secondary N) is 1. The van der Waals surface area contributed by atoms with Gasteiger partial charge in [-0.2, -0.15) is 0 Å².